The molecule has 0 bridgehead atoms. The van der Waals surface area contributed by atoms with Gasteiger partial charge >= 0.3 is 9.05 Å². The largest absolute Gasteiger partial charge is 0.803 e. The molecular formula is C8H15O6PSi. The Balaban J connectivity index is 0.00000225. The van der Waals surface area contributed by atoms with Gasteiger partial charge in [-0.3, -0.25) is 0 Å². The van der Waals surface area contributed by atoms with Gasteiger partial charge < -0.3 is 9.22 Å². The topological polar surface area (TPSA) is 66.4 Å². The van der Waals surface area contributed by atoms with Crippen molar-refractivity contribution in [3.05, 3.63) is 30.3 Å². The molecule has 92 valence electrons. The molecule has 0 saturated carbocycles. The SMILES string of the molecule is COO[Si](O)(OOC)Oc1ccccc1.P. The quantitative estimate of drug-likeness (QED) is 0.354. The summed E-state index contributed by atoms with van der Waals surface area (Å²) in [4.78, 5) is 18.3. The normalized spacial score (nSPS) is 10.7. The van der Waals surface area contributed by atoms with E-state index in [1.165, 1.54) is 14.2 Å². The molecular weight excluding hydrogens is 251 g/mol. The third-order valence-electron chi connectivity index (χ3n) is 1.37. The van der Waals surface area contributed by atoms with Crippen LogP contribution in [-0.2, 0) is 18.9 Å². The predicted molar refractivity (Wildman–Crippen MR) is 62.3 cm³/mol. The van der Waals surface area contributed by atoms with Gasteiger partial charge in [0.05, 0.1) is 14.2 Å². The summed E-state index contributed by atoms with van der Waals surface area (Å²) in [5.74, 6) is 0.390. The number of benzene rings is 1. The van der Waals surface area contributed by atoms with Gasteiger partial charge in [0.25, 0.3) is 0 Å². The fourth-order valence-corrected chi connectivity index (χ4v) is 1.85. The van der Waals surface area contributed by atoms with E-state index in [1.54, 1.807) is 24.3 Å². The van der Waals surface area contributed by atoms with Crippen LogP contribution in [0.3, 0.4) is 0 Å². The van der Waals surface area contributed by atoms with Gasteiger partial charge in [-0.25, -0.2) is 9.78 Å². The molecule has 1 aromatic carbocycles. The van der Waals surface area contributed by atoms with Gasteiger partial charge in [-0.2, -0.15) is 19.1 Å². The molecule has 1 atom stereocenters. The second-order valence-electron chi connectivity index (χ2n) is 2.44. The maximum absolute atomic E-state index is 9.69. The summed E-state index contributed by atoms with van der Waals surface area (Å²) in [5, 5.41) is 0. The molecule has 1 unspecified atom stereocenters. The average Bonchev–Trinajstić information content (AvgIpc) is 2.19. The van der Waals surface area contributed by atoms with Crippen molar-refractivity contribution < 1.29 is 28.2 Å². The lowest BCUT2D eigenvalue weighted by molar-refractivity contribution is -0.309. The van der Waals surface area contributed by atoms with Crippen LogP contribution >= 0.6 is 9.90 Å². The number of para-hydroxylation sites is 1. The lowest BCUT2D eigenvalue weighted by Crippen LogP contribution is -2.48. The van der Waals surface area contributed by atoms with Crippen molar-refractivity contribution >= 4 is 18.9 Å². The predicted octanol–water partition coefficient (Wildman–Crippen LogP) is 0.707. The van der Waals surface area contributed by atoms with Crippen LogP contribution in [0.5, 0.6) is 5.75 Å². The van der Waals surface area contributed by atoms with Crippen LogP contribution in [0.15, 0.2) is 30.3 Å². The standard InChI is InChI=1S/C8H12O6Si.H3P/c1-10-13-15(9,14-11-2)12-8-6-4-3-5-7-8;/h3-7,9H,1-2H3;1H3. The van der Waals surface area contributed by atoms with E-state index in [0.717, 1.165) is 0 Å². The molecule has 0 heterocycles. The molecule has 0 spiro atoms. The molecule has 1 aromatic rings. The molecule has 6 nitrogen and oxygen atoms in total. The summed E-state index contributed by atoms with van der Waals surface area (Å²) < 4.78 is 14.1. The number of hydrogen-bond acceptors (Lipinski definition) is 6. The third kappa shape index (κ3) is 5.00. The van der Waals surface area contributed by atoms with Crippen LogP contribution in [-0.4, -0.2) is 28.1 Å². The van der Waals surface area contributed by atoms with E-state index < -0.39 is 9.05 Å². The van der Waals surface area contributed by atoms with Gasteiger partial charge in [0, 0.05) is 0 Å². The fraction of sp³-hybridized carbons (Fsp3) is 0.250. The Labute approximate surface area is 98.0 Å². The van der Waals surface area contributed by atoms with E-state index in [9.17, 15) is 4.80 Å². The van der Waals surface area contributed by atoms with Gasteiger partial charge in [-0.1, -0.05) is 18.2 Å². The van der Waals surface area contributed by atoms with Crippen LogP contribution in [0.25, 0.3) is 0 Å². The average molecular weight is 266 g/mol. The van der Waals surface area contributed by atoms with Crippen molar-refractivity contribution in [2.24, 2.45) is 0 Å². The van der Waals surface area contributed by atoms with E-state index in [4.69, 9.17) is 4.43 Å². The van der Waals surface area contributed by atoms with Gasteiger partial charge in [0.1, 0.15) is 5.75 Å². The molecule has 0 saturated heterocycles. The minimum Gasteiger partial charge on any atom is -0.478 e. The first-order valence-electron chi connectivity index (χ1n) is 4.10. The van der Waals surface area contributed by atoms with E-state index in [2.05, 4.69) is 18.9 Å². The van der Waals surface area contributed by atoms with Crippen molar-refractivity contribution in [3.63, 3.8) is 0 Å². The molecule has 0 aliphatic heterocycles. The summed E-state index contributed by atoms with van der Waals surface area (Å²) in [7, 11) is -1.48. The highest BCUT2D eigenvalue weighted by atomic mass is 31.0. The first-order valence-corrected chi connectivity index (χ1v) is 5.77. The van der Waals surface area contributed by atoms with Crippen molar-refractivity contribution in [1.82, 2.24) is 0 Å². The van der Waals surface area contributed by atoms with Gasteiger partial charge in [-0.05, 0) is 12.1 Å². The third-order valence-corrected chi connectivity index (χ3v) is 2.62. The Bertz CT molecular complexity index is 279. The van der Waals surface area contributed by atoms with Gasteiger partial charge in [0.15, 0.2) is 0 Å². The van der Waals surface area contributed by atoms with Crippen molar-refractivity contribution in [2.75, 3.05) is 14.2 Å². The highest BCUT2D eigenvalue weighted by Crippen LogP contribution is 2.15. The molecule has 0 amide bonds. The van der Waals surface area contributed by atoms with Crippen LogP contribution in [0.4, 0.5) is 0 Å². The Morgan fingerprint density at radius 3 is 1.94 bits per heavy atom. The fourth-order valence-electron chi connectivity index (χ4n) is 0.896. The van der Waals surface area contributed by atoms with Gasteiger partial charge in [-0.15, -0.1) is 0 Å². The second kappa shape index (κ2) is 7.69. The number of rotatable bonds is 6. The maximum atomic E-state index is 9.69. The Morgan fingerprint density at radius 2 is 1.50 bits per heavy atom. The van der Waals surface area contributed by atoms with Crippen LogP contribution in [0.1, 0.15) is 0 Å². The summed E-state index contributed by atoms with van der Waals surface area (Å²) >= 11 is 0. The zero-order valence-corrected chi connectivity index (χ0v) is 11.5. The summed E-state index contributed by atoms with van der Waals surface area (Å²) in [6.45, 7) is 0. The van der Waals surface area contributed by atoms with Crippen molar-refractivity contribution in [2.45, 2.75) is 0 Å². The van der Waals surface area contributed by atoms with E-state index in [1.807, 2.05) is 6.07 Å². The van der Waals surface area contributed by atoms with Crippen LogP contribution < -0.4 is 4.43 Å². The number of hydrogen-bond donors (Lipinski definition) is 1. The zero-order valence-electron chi connectivity index (χ0n) is 9.08. The zero-order chi connectivity index (χ0) is 11.1. The smallest absolute Gasteiger partial charge is 0.478 e. The first kappa shape index (κ1) is 15.5. The molecule has 1 N–H and O–H groups in total. The molecule has 16 heavy (non-hydrogen) atoms. The minimum atomic E-state index is -3.93. The maximum Gasteiger partial charge on any atom is 0.803 e. The molecule has 1 rings (SSSR count). The minimum absolute atomic E-state index is 0. The summed E-state index contributed by atoms with van der Waals surface area (Å²) in [6.07, 6.45) is 0. The first-order chi connectivity index (χ1) is 7.20. The van der Waals surface area contributed by atoms with Crippen LogP contribution in [0.2, 0.25) is 0 Å². The summed E-state index contributed by atoms with van der Waals surface area (Å²) in [5.41, 5.74) is 0. The van der Waals surface area contributed by atoms with Crippen molar-refractivity contribution in [3.8, 4) is 5.75 Å². The Morgan fingerprint density at radius 1 is 1.00 bits per heavy atom. The highest BCUT2D eigenvalue weighted by molar-refractivity contribution is 6.92. The lowest BCUT2D eigenvalue weighted by atomic mass is 10.3. The van der Waals surface area contributed by atoms with E-state index >= 15 is 0 Å². The highest BCUT2D eigenvalue weighted by Gasteiger charge is 2.48. The molecule has 0 aliphatic carbocycles. The Kier molecular flexibility index (Phi) is 7.44. The van der Waals surface area contributed by atoms with E-state index in [0.29, 0.717) is 5.75 Å². The second-order valence-corrected chi connectivity index (χ2v) is 4.02. The van der Waals surface area contributed by atoms with Crippen molar-refractivity contribution in [1.29, 1.82) is 0 Å². The molecule has 8 heteroatoms. The van der Waals surface area contributed by atoms with E-state index in [-0.39, 0.29) is 9.90 Å². The molecule has 0 radical (unpaired) electrons. The van der Waals surface area contributed by atoms with Gasteiger partial charge in [0.2, 0.25) is 0 Å². The Hall–Kier alpha value is -0.533. The molecule has 0 fully saturated rings. The van der Waals surface area contributed by atoms with Crippen LogP contribution in [0, 0.1) is 0 Å². The molecule has 0 aliphatic rings. The lowest BCUT2D eigenvalue weighted by Gasteiger charge is -2.19. The summed E-state index contributed by atoms with van der Waals surface area (Å²) in [6, 6.07) is 8.56. The monoisotopic (exact) mass is 266 g/mol. The molecule has 0 aromatic heterocycles.